The highest BCUT2D eigenvalue weighted by Gasteiger charge is 2.33. The molecule has 1 aliphatic rings. The van der Waals surface area contributed by atoms with Crippen LogP contribution < -0.4 is 9.47 Å². The zero-order chi connectivity index (χ0) is 19.0. The average molecular weight is 362 g/mol. The SMILES string of the molecule is COc1ccccc1OC1CN(C(=O)c2ccc3c(C)cc(C)nc3c2)C1. The number of aromatic nitrogens is 1. The fourth-order valence-corrected chi connectivity index (χ4v) is 3.46. The Labute approximate surface area is 158 Å². The van der Waals surface area contributed by atoms with Gasteiger partial charge in [0.05, 0.1) is 25.7 Å². The molecule has 0 aliphatic carbocycles. The van der Waals surface area contributed by atoms with Gasteiger partial charge in [-0.1, -0.05) is 18.2 Å². The molecular formula is C22H22N2O3. The van der Waals surface area contributed by atoms with Gasteiger partial charge in [-0.2, -0.15) is 0 Å². The number of benzene rings is 2. The Bertz CT molecular complexity index is 1010. The van der Waals surface area contributed by atoms with Crippen molar-refractivity contribution in [2.24, 2.45) is 0 Å². The number of nitrogens with zero attached hydrogens (tertiary/aromatic N) is 2. The van der Waals surface area contributed by atoms with Gasteiger partial charge >= 0.3 is 0 Å². The van der Waals surface area contributed by atoms with Gasteiger partial charge in [0.1, 0.15) is 6.10 Å². The molecule has 2 aromatic carbocycles. The predicted molar refractivity (Wildman–Crippen MR) is 105 cm³/mol. The molecular weight excluding hydrogens is 340 g/mol. The highest BCUT2D eigenvalue weighted by molar-refractivity contribution is 5.98. The lowest BCUT2D eigenvalue weighted by molar-refractivity contribution is 0.0169. The maximum Gasteiger partial charge on any atom is 0.254 e. The number of para-hydroxylation sites is 2. The van der Waals surface area contributed by atoms with E-state index in [0.29, 0.717) is 30.2 Å². The maximum atomic E-state index is 12.8. The molecule has 1 amide bonds. The third-order valence-corrected chi connectivity index (χ3v) is 4.89. The molecule has 2 heterocycles. The van der Waals surface area contributed by atoms with Gasteiger partial charge in [0, 0.05) is 16.6 Å². The summed E-state index contributed by atoms with van der Waals surface area (Å²) in [5.41, 5.74) is 3.65. The highest BCUT2D eigenvalue weighted by Crippen LogP contribution is 2.29. The second-order valence-electron chi connectivity index (χ2n) is 6.91. The number of rotatable bonds is 4. The largest absolute Gasteiger partial charge is 0.493 e. The molecule has 1 fully saturated rings. The van der Waals surface area contributed by atoms with Gasteiger partial charge in [-0.3, -0.25) is 9.78 Å². The molecule has 4 rings (SSSR count). The van der Waals surface area contributed by atoms with Crippen molar-refractivity contribution in [2.45, 2.75) is 20.0 Å². The van der Waals surface area contributed by atoms with Crippen LogP contribution in [0.3, 0.4) is 0 Å². The maximum absolute atomic E-state index is 12.8. The number of fused-ring (bicyclic) bond motifs is 1. The zero-order valence-corrected chi connectivity index (χ0v) is 15.7. The van der Waals surface area contributed by atoms with E-state index in [2.05, 4.69) is 18.0 Å². The number of likely N-dealkylation sites (tertiary alicyclic amines) is 1. The first-order chi connectivity index (χ1) is 13.0. The number of carbonyl (C=O) groups is 1. The minimum atomic E-state index is -0.0201. The third kappa shape index (κ3) is 3.33. The van der Waals surface area contributed by atoms with Crippen LogP contribution in [-0.4, -0.2) is 42.1 Å². The second-order valence-corrected chi connectivity index (χ2v) is 6.91. The summed E-state index contributed by atoms with van der Waals surface area (Å²) in [6.07, 6.45) is -0.0201. The molecule has 0 radical (unpaired) electrons. The van der Waals surface area contributed by atoms with Gasteiger partial charge in [0.25, 0.3) is 5.91 Å². The summed E-state index contributed by atoms with van der Waals surface area (Å²) in [6, 6.07) is 15.3. The van der Waals surface area contributed by atoms with Crippen LogP contribution in [0.25, 0.3) is 10.9 Å². The molecule has 0 saturated carbocycles. The third-order valence-electron chi connectivity index (χ3n) is 4.89. The molecule has 0 unspecified atom stereocenters. The van der Waals surface area contributed by atoms with E-state index in [9.17, 15) is 4.79 Å². The van der Waals surface area contributed by atoms with Crippen LogP contribution in [0.4, 0.5) is 0 Å². The van der Waals surface area contributed by atoms with Gasteiger partial charge in [0.15, 0.2) is 11.5 Å². The lowest BCUT2D eigenvalue weighted by Crippen LogP contribution is -2.56. The van der Waals surface area contributed by atoms with Crippen molar-refractivity contribution >= 4 is 16.8 Å². The Balaban J connectivity index is 1.45. The highest BCUT2D eigenvalue weighted by atomic mass is 16.5. The van der Waals surface area contributed by atoms with Crippen LogP contribution in [-0.2, 0) is 0 Å². The minimum absolute atomic E-state index is 0.0118. The monoisotopic (exact) mass is 362 g/mol. The van der Waals surface area contributed by atoms with E-state index in [4.69, 9.17) is 9.47 Å². The summed E-state index contributed by atoms with van der Waals surface area (Å²) in [4.78, 5) is 19.1. The van der Waals surface area contributed by atoms with Gasteiger partial charge in [-0.25, -0.2) is 0 Å². The van der Waals surface area contributed by atoms with E-state index in [1.54, 1.807) is 12.0 Å². The summed E-state index contributed by atoms with van der Waals surface area (Å²) in [6.45, 7) is 5.16. The normalized spacial score (nSPS) is 14.1. The van der Waals surface area contributed by atoms with Crippen molar-refractivity contribution in [1.82, 2.24) is 9.88 Å². The molecule has 0 bridgehead atoms. The summed E-state index contributed by atoms with van der Waals surface area (Å²) in [5, 5.41) is 1.08. The Morgan fingerprint density at radius 1 is 1.07 bits per heavy atom. The standard InChI is InChI=1S/C22H22N2O3/c1-14-10-15(2)23-19-11-16(8-9-18(14)19)22(25)24-12-17(13-24)27-21-7-5-4-6-20(21)26-3/h4-11,17H,12-13H2,1-3H3. The Morgan fingerprint density at radius 3 is 2.56 bits per heavy atom. The van der Waals surface area contributed by atoms with Crippen molar-refractivity contribution in [3.8, 4) is 11.5 Å². The van der Waals surface area contributed by atoms with E-state index in [-0.39, 0.29) is 12.0 Å². The van der Waals surface area contributed by atoms with E-state index >= 15 is 0 Å². The number of ether oxygens (including phenoxy) is 2. The van der Waals surface area contributed by atoms with E-state index in [1.807, 2.05) is 49.4 Å². The Kier molecular flexibility index (Phi) is 4.44. The topological polar surface area (TPSA) is 51.7 Å². The number of pyridine rings is 1. The molecule has 0 spiro atoms. The predicted octanol–water partition coefficient (Wildman–Crippen LogP) is 3.76. The molecule has 1 aromatic heterocycles. The molecule has 3 aromatic rings. The van der Waals surface area contributed by atoms with Crippen LogP contribution in [0.15, 0.2) is 48.5 Å². The van der Waals surface area contributed by atoms with Crippen LogP contribution >= 0.6 is 0 Å². The fraction of sp³-hybridized carbons (Fsp3) is 0.273. The van der Waals surface area contributed by atoms with Crippen LogP contribution in [0.1, 0.15) is 21.6 Å². The molecule has 0 atom stereocenters. The summed E-state index contributed by atoms with van der Waals surface area (Å²) >= 11 is 0. The van der Waals surface area contributed by atoms with Crippen LogP contribution in [0.5, 0.6) is 11.5 Å². The Morgan fingerprint density at radius 2 is 1.81 bits per heavy atom. The molecule has 1 saturated heterocycles. The van der Waals surface area contributed by atoms with Crippen molar-refractivity contribution < 1.29 is 14.3 Å². The van der Waals surface area contributed by atoms with Crippen molar-refractivity contribution in [2.75, 3.05) is 20.2 Å². The molecule has 5 heteroatoms. The van der Waals surface area contributed by atoms with Crippen LogP contribution in [0.2, 0.25) is 0 Å². The summed E-state index contributed by atoms with van der Waals surface area (Å²) < 4.78 is 11.3. The first kappa shape index (κ1) is 17.3. The lowest BCUT2D eigenvalue weighted by atomic mass is 10.0. The smallest absolute Gasteiger partial charge is 0.254 e. The summed E-state index contributed by atoms with van der Waals surface area (Å²) in [5.74, 6) is 1.42. The number of carbonyl (C=O) groups excluding carboxylic acids is 1. The van der Waals surface area contributed by atoms with Crippen LogP contribution in [0, 0.1) is 13.8 Å². The average Bonchev–Trinajstić information content (AvgIpc) is 2.63. The minimum Gasteiger partial charge on any atom is -0.493 e. The molecule has 27 heavy (non-hydrogen) atoms. The van der Waals surface area contributed by atoms with Crippen molar-refractivity contribution in [3.05, 3.63) is 65.4 Å². The number of amides is 1. The lowest BCUT2D eigenvalue weighted by Gasteiger charge is -2.39. The van der Waals surface area contributed by atoms with Crippen molar-refractivity contribution in [3.63, 3.8) is 0 Å². The van der Waals surface area contributed by atoms with Gasteiger partial charge in [0.2, 0.25) is 0 Å². The van der Waals surface area contributed by atoms with Gasteiger partial charge in [-0.15, -0.1) is 0 Å². The van der Waals surface area contributed by atoms with E-state index in [1.165, 1.54) is 5.56 Å². The Hall–Kier alpha value is -3.08. The first-order valence-corrected chi connectivity index (χ1v) is 9.02. The first-order valence-electron chi connectivity index (χ1n) is 9.02. The molecule has 0 N–H and O–H groups in total. The fourth-order valence-electron chi connectivity index (χ4n) is 3.46. The van der Waals surface area contributed by atoms with E-state index < -0.39 is 0 Å². The van der Waals surface area contributed by atoms with Gasteiger partial charge in [-0.05, 0) is 49.7 Å². The number of hydrogen-bond acceptors (Lipinski definition) is 4. The summed E-state index contributed by atoms with van der Waals surface area (Å²) in [7, 11) is 1.62. The number of methoxy groups -OCH3 is 1. The number of hydrogen-bond donors (Lipinski definition) is 0. The number of aryl methyl sites for hydroxylation is 2. The van der Waals surface area contributed by atoms with Gasteiger partial charge < -0.3 is 14.4 Å². The van der Waals surface area contributed by atoms with E-state index in [0.717, 1.165) is 16.6 Å². The molecule has 1 aliphatic heterocycles. The molecule has 5 nitrogen and oxygen atoms in total. The zero-order valence-electron chi connectivity index (χ0n) is 15.7. The van der Waals surface area contributed by atoms with Crippen molar-refractivity contribution in [1.29, 1.82) is 0 Å². The quantitative estimate of drug-likeness (QED) is 0.709. The second kappa shape index (κ2) is 6.91. The molecule has 138 valence electrons.